The maximum atomic E-state index is 10.1. The van der Waals surface area contributed by atoms with Gasteiger partial charge in [-0.05, 0) is 12.8 Å². The van der Waals surface area contributed by atoms with E-state index in [4.69, 9.17) is 0 Å². The van der Waals surface area contributed by atoms with Gasteiger partial charge in [0.1, 0.15) is 0 Å². The van der Waals surface area contributed by atoms with Crippen molar-refractivity contribution in [2.24, 2.45) is 0 Å². The second kappa shape index (κ2) is 9.93. The number of rotatable bonds is 8. The molecule has 78 valence electrons. The zero-order valence-corrected chi connectivity index (χ0v) is 9.15. The van der Waals surface area contributed by atoms with Crippen molar-refractivity contribution in [3.8, 4) is 0 Å². The summed E-state index contributed by atoms with van der Waals surface area (Å²) in [4.78, 5) is 0. The molecule has 0 saturated heterocycles. The molecule has 1 unspecified atom stereocenters. The summed E-state index contributed by atoms with van der Waals surface area (Å²) in [6.07, 6.45) is 11.0. The summed E-state index contributed by atoms with van der Waals surface area (Å²) in [6, 6.07) is 0. The molecule has 0 amide bonds. The summed E-state index contributed by atoms with van der Waals surface area (Å²) in [5, 5.41) is 0. The average molecular weight is 203 g/mol. The molecule has 1 atom stereocenters. The molecule has 0 aromatic heterocycles. The molecule has 3 heteroatoms. The molecular formula is C10H19O2S-. The Morgan fingerprint density at radius 1 is 1.15 bits per heavy atom. The summed E-state index contributed by atoms with van der Waals surface area (Å²) in [7, 11) is 0. The minimum atomic E-state index is -1.91. The second-order valence-electron chi connectivity index (χ2n) is 3.14. The zero-order chi connectivity index (χ0) is 9.94. The molecule has 0 N–H and O–H groups in total. The van der Waals surface area contributed by atoms with Gasteiger partial charge in [-0.2, -0.15) is 0 Å². The van der Waals surface area contributed by atoms with Gasteiger partial charge in [0.15, 0.2) is 0 Å². The van der Waals surface area contributed by atoms with Crippen molar-refractivity contribution in [3.63, 3.8) is 0 Å². The van der Waals surface area contributed by atoms with Gasteiger partial charge < -0.3 is 4.55 Å². The molecule has 0 aromatic carbocycles. The molecule has 0 aliphatic heterocycles. The summed E-state index contributed by atoms with van der Waals surface area (Å²) < 4.78 is 20.2. The quantitative estimate of drug-likeness (QED) is 0.346. The van der Waals surface area contributed by atoms with Crippen molar-refractivity contribution in [3.05, 3.63) is 12.2 Å². The van der Waals surface area contributed by atoms with Crippen LogP contribution in [0.3, 0.4) is 0 Å². The Balaban J connectivity index is 3.06. The van der Waals surface area contributed by atoms with E-state index >= 15 is 0 Å². The molecule has 13 heavy (non-hydrogen) atoms. The molecule has 0 aliphatic carbocycles. The lowest BCUT2D eigenvalue weighted by Crippen LogP contribution is -1.89. The monoisotopic (exact) mass is 203 g/mol. The molecule has 0 aliphatic rings. The van der Waals surface area contributed by atoms with E-state index in [9.17, 15) is 8.76 Å². The van der Waals surface area contributed by atoms with Gasteiger partial charge in [-0.1, -0.05) is 55.8 Å². The van der Waals surface area contributed by atoms with Crippen molar-refractivity contribution in [1.82, 2.24) is 0 Å². The number of hydrogen-bond donors (Lipinski definition) is 0. The van der Waals surface area contributed by atoms with Crippen LogP contribution in [0.2, 0.25) is 0 Å². The first kappa shape index (κ1) is 12.8. The van der Waals surface area contributed by atoms with Gasteiger partial charge >= 0.3 is 0 Å². The molecule has 0 spiro atoms. The predicted octanol–water partition coefficient (Wildman–Crippen LogP) is 2.78. The Morgan fingerprint density at radius 2 is 1.85 bits per heavy atom. The summed E-state index contributed by atoms with van der Waals surface area (Å²) in [5.41, 5.74) is 0. The van der Waals surface area contributed by atoms with Gasteiger partial charge in [-0.25, -0.2) is 0 Å². The number of hydrogen-bond acceptors (Lipinski definition) is 2. The van der Waals surface area contributed by atoms with Crippen LogP contribution in [0, 0.1) is 0 Å². The Hall–Kier alpha value is -0.150. The first-order chi connectivity index (χ1) is 6.27. The third kappa shape index (κ3) is 11.9. The lowest BCUT2D eigenvalue weighted by molar-refractivity contribution is 0.540. The lowest BCUT2D eigenvalue weighted by Gasteiger charge is -1.98. The summed E-state index contributed by atoms with van der Waals surface area (Å²) >= 11 is -1.91. The normalized spacial score (nSPS) is 13.7. The summed E-state index contributed by atoms with van der Waals surface area (Å²) in [6.45, 7) is 2.20. The van der Waals surface area contributed by atoms with E-state index in [1.54, 1.807) is 6.08 Å². The van der Waals surface area contributed by atoms with Gasteiger partial charge in [-0.15, -0.1) is 0 Å². The van der Waals surface area contributed by atoms with Crippen molar-refractivity contribution < 1.29 is 8.76 Å². The van der Waals surface area contributed by atoms with Gasteiger partial charge in [0.2, 0.25) is 0 Å². The van der Waals surface area contributed by atoms with E-state index in [1.165, 1.54) is 32.1 Å². The van der Waals surface area contributed by atoms with Crippen molar-refractivity contribution >= 4 is 11.1 Å². The van der Waals surface area contributed by atoms with Crippen LogP contribution >= 0.6 is 0 Å². The highest BCUT2D eigenvalue weighted by molar-refractivity contribution is 7.79. The maximum Gasteiger partial charge on any atom is 0.0282 e. The SMILES string of the molecule is CCCCCCCC=CCS(=O)[O-]. The molecule has 0 rings (SSSR count). The van der Waals surface area contributed by atoms with Crippen LogP contribution in [-0.4, -0.2) is 14.5 Å². The van der Waals surface area contributed by atoms with Crippen LogP contribution in [0.4, 0.5) is 0 Å². The second-order valence-corrected chi connectivity index (χ2v) is 4.09. The van der Waals surface area contributed by atoms with Gasteiger partial charge in [0.05, 0.1) is 0 Å². The summed E-state index contributed by atoms with van der Waals surface area (Å²) in [5.74, 6) is 0.162. The van der Waals surface area contributed by atoms with E-state index in [0.29, 0.717) is 0 Å². The third-order valence-electron chi connectivity index (χ3n) is 1.87. The van der Waals surface area contributed by atoms with Crippen LogP contribution in [-0.2, 0) is 11.1 Å². The molecule has 0 bridgehead atoms. The van der Waals surface area contributed by atoms with Crippen molar-refractivity contribution in [2.75, 3.05) is 5.75 Å². The average Bonchev–Trinajstić information content (AvgIpc) is 2.09. The topological polar surface area (TPSA) is 40.1 Å². The minimum Gasteiger partial charge on any atom is -0.772 e. The van der Waals surface area contributed by atoms with E-state index in [2.05, 4.69) is 6.92 Å². The highest BCUT2D eigenvalue weighted by Gasteiger charge is 1.86. The number of allylic oxidation sites excluding steroid dienone is 1. The van der Waals surface area contributed by atoms with Crippen molar-refractivity contribution in [1.29, 1.82) is 0 Å². The first-order valence-corrected chi connectivity index (χ1v) is 6.22. The third-order valence-corrected chi connectivity index (χ3v) is 2.34. The number of unbranched alkanes of at least 4 members (excludes halogenated alkanes) is 5. The fraction of sp³-hybridized carbons (Fsp3) is 0.800. The molecule has 0 saturated carbocycles. The lowest BCUT2D eigenvalue weighted by atomic mass is 10.1. The Morgan fingerprint density at radius 3 is 2.46 bits per heavy atom. The fourth-order valence-corrected chi connectivity index (χ4v) is 1.42. The van der Waals surface area contributed by atoms with Gasteiger partial charge in [0, 0.05) is 5.75 Å². The largest absolute Gasteiger partial charge is 0.772 e. The molecule has 0 radical (unpaired) electrons. The van der Waals surface area contributed by atoms with Crippen LogP contribution in [0.25, 0.3) is 0 Å². The fourth-order valence-electron chi connectivity index (χ4n) is 1.13. The van der Waals surface area contributed by atoms with Gasteiger partial charge in [0.25, 0.3) is 0 Å². The van der Waals surface area contributed by atoms with Crippen molar-refractivity contribution in [2.45, 2.75) is 45.4 Å². The molecular weight excluding hydrogens is 184 g/mol. The highest BCUT2D eigenvalue weighted by Crippen LogP contribution is 2.05. The maximum absolute atomic E-state index is 10.1. The van der Waals surface area contributed by atoms with Gasteiger partial charge in [-0.3, -0.25) is 4.21 Å². The van der Waals surface area contributed by atoms with E-state index in [-0.39, 0.29) is 5.75 Å². The smallest absolute Gasteiger partial charge is 0.0282 e. The van der Waals surface area contributed by atoms with E-state index < -0.39 is 11.1 Å². The predicted molar refractivity (Wildman–Crippen MR) is 56.3 cm³/mol. The standard InChI is InChI=1S/C10H20O2S/c1-2-3-4-5-6-7-8-9-10-13(11)12/h8-9H,2-7,10H2,1H3,(H,11,12)/p-1. The van der Waals surface area contributed by atoms with Crippen LogP contribution in [0.15, 0.2) is 12.2 Å². The Labute approximate surface area is 83.7 Å². The molecule has 0 heterocycles. The molecule has 0 fully saturated rings. The molecule has 0 aromatic rings. The first-order valence-electron chi connectivity index (χ1n) is 4.98. The van der Waals surface area contributed by atoms with Crippen LogP contribution < -0.4 is 0 Å². The Bertz CT molecular complexity index is 155. The van der Waals surface area contributed by atoms with Crippen LogP contribution in [0.1, 0.15) is 45.4 Å². The Kier molecular flexibility index (Phi) is 9.82. The van der Waals surface area contributed by atoms with E-state index in [0.717, 1.165) is 6.42 Å². The van der Waals surface area contributed by atoms with E-state index in [1.807, 2.05) is 6.08 Å². The minimum absolute atomic E-state index is 0.162. The molecule has 2 nitrogen and oxygen atoms in total. The highest BCUT2D eigenvalue weighted by atomic mass is 32.2. The zero-order valence-electron chi connectivity index (χ0n) is 8.33. The van der Waals surface area contributed by atoms with Crippen LogP contribution in [0.5, 0.6) is 0 Å².